The molecule has 0 aliphatic rings. The third-order valence-electron chi connectivity index (χ3n) is 2.51. The Morgan fingerprint density at radius 3 is 2.60 bits per heavy atom. The first-order valence-electron chi connectivity index (χ1n) is 6.32. The number of benzene rings is 1. The van der Waals surface area contributed by atoms with E-state index < -0.39 is 0 Å². The fourth-order valence-electron chi connectivity index (χ4n) is 1.41. The third kappa shape index (κ3) is 6.30. The predicted octanol–water partition coefficient (Wildman–Crippen LogP) is 2.64. The lowest BCUT2D eigenvalue weighted by molar-refractivity contribution is -0.139. The Morgan fingerprint density at radius 1 is 1.35 bits per heavy atom. The minimum atomic E-state index is -0.299. The van der Waals surface area contributed by atoms with Crippen LogP contribution in [0.15, 0.2) is 24.3 Å². The van der Waals surface area contributed by atoms with Crippen molar-refractivity contribution in [3.8, 4) is 0 Å². The molecule has 0 spiro atoms. The van der Waals surface area contributed by atoms with E-state index in [1.54, 1.807) is 26.0 Å². The maximum Gasteiger partial charge on any atom is 0.315 e. The van der Waals surface area contributed by atoms with E-state index in [9.17, 15) is 9.59 Å². The van der Waals surface area contributed by atoms with Crippen LogP contribution in [-0.2, 0) is 20.9 Å². The molecule has 20 heavy (non-hydrogen) atoms. The van der Waals surface area contributed by atoms with E-state index in [0.717, 1.165) is 5.56 Å². The molecular weight excluding hydrogens is 298 g/mol. The number of amides is 1. The van der Waals surface area contributed by atoms with Crippen LogP contribution in [0.5, 0.6) is 0 Å². The Balaban J connectivity index is 2.31. The fraction of sp³-hybridized carbons (Fsp3) is 0.429. The van der Waals surface area contributed by atoms with Crippen LogP contribution >= 0.6 is 23.4 Å². The van der Waals surface area contributed by atoms with Gasteiger partial charge in [-0.05, 0) is 31.5 Å². The third-order valence-corrected chi connectivity index (χ3v) is 3.87. The summed E-state index contributed by atoms with van der Waals surface area (Å²) in [6.07, 6.45) is 0. The molecule has 0 fully saturated rings. The van der Waals surface area contributed by atoms with Crippen LogP contribution in [0.3, 0.4) is 0 Å². The number of carbonyl (C=O) groups is 2. The van der Waals surface area contributed by atoms with E-state index in [0.29, 0.717) is 18.2 Å². The van der Waals surface area contributed by atoms with Gasteiger partial charge in [-0.25, -0.2) is 0 Å². The van der Waals surface area contributed by atoms with E-state index in [1.165, 1.54) is 11.8 Å². The van der Waals surface area contributed by atoms with Crippen LogP contribution < -0.4 is 5.32 Å². The topological polar surface area (TPSA) is 55.4 Å². The number of carbonyl (C=O) groups excluding carboxylic acids is 2. The molecule has 1 N–H and O–H groups in total. The van der Waals surface area contributed by atoms with Crippen LogP contribution in [0.4, 0.5) is 0 Å². The molecule has 0 aliphatic heterocycles. The molecule has 0 saturated heterocycles. The molecule has 1 aromatic carbocycles. The highest BCUT2D eigenvalue weighted by Crippen LogP contribution is 2.12. The van der Waals surface area contributed by atoms with Crippen molar-refractivity contribution in [3.05, 3.63) is 34.9 Å². The van der Waals surface area contributed by atoms with Crippen molar-refractivity contribution in [2.45, 2.75) is 25.6 Å². The van der Waals surface area contributed by atoms with Gasteiger partial charge >= 0.3 is 5.97 Å². The first kappa shape index (κ1) is 16.9. The van der Waals surface area contributed by atoms with Crippen LogP contribution in [0.1, 0.15) is 19.4 Å². The molecule has 0 heterocycles. The summed E-state index contributed by atoms with van der Waals surface area (Å²) in [5, 5.41) is 3.18. The van der Waals surface area contributed by atoms with E-state index in [4.69, 9.17) is 16.3 Å². The minimum absolute atomic E-state index is 0.103. The molecule has 0 radical (unpaired) electrons. The summed E-state index contributed by atoms with van der Waals surface area (Å²) in [4.78, 5) is 23.0. The molecular formula is C14H18ClNO3S. The predicted molar refractivity (Wildman–Crippen MR) is 81.9 cm³/mol. The quantitative estimate of drug-likeness (QED) is 0.786. The average Bonchev–Trinajstić information content (AvgIpc) is 2.44. The number of thioether (sulfide) groups is 1. The highest BCUT2D eigenvalue weighted by molar-refractivity contribution is 8.01. The van der Waals surface area contributed by atoms with Crippen LogP contribution in [0.25, 0.3) is 0 Å². The molecule has 1 aromatic rings. The molecule has 1 unspecified atom stereocenters. The Bertz CT molecular complexity index is 450. The number of ether oxygens (including phenoxy) is 1. The number of nitrogens with one attached hydrogen (secondary N) is 1. The van der Waals surface area contributed by atoms with Crippen molar-refractivity contribution < 1.29 is 14.3 Å². The number of rotatable bonds is 7. The minimum Gasteiger partial charge on any atom is -0.465 e. The van der Waals surface area contributed by atoms with Gasteiger partial charge in [0, 0.05) is 11.6 Å². The van der Waals surface area contributed by atoms with E-state index >= 15 is 0 Å². The van der Waals surface area contributed by atoms with Crippen molar-refractivity contribution in [1.29, 1.82) is 0 Å². The monoisotopic (exact) mass is 315 g/mol. The molecule has 110 valence electrons. The second kappa shape index (κ2) is 8.87. The van der Waals surface area contributed by atoms with E-state index in [1.807, 2.05) is 12.1 Å². The van der Waals surface area contributed by atoms with Gasteiger partial charge in [0.15, 0.2) is 0 Å². The van der Waals surface area contributed by atoms with Crippen LogP contribution in [0, 0.1) is 0 Å². The first-order chi connectivity index (χ1) is 9.52. The van der Waals surface area contributed by atoms with Crippen molar-refractivity contribution >= 4 is 35.2 Å². The number of hydrogen-bond donors (Lipinski definition) is 1. The van der Waals surface area contributed by atoms with Crippen molar-refractivity contribution in [2.75, 3.05) is 12.4 Å². The largest absolute Gasteiger partial charge is 0.465 e. The summed E-state index contributed by atoms with van der Waals surface area (Å²) in [6.45, 7) is 4.32. The molecule has 1 amide bonds. The highest BCUT2D eigenvalue weighted by Gasteiger charge is 2.15. The van der Waals surface area contributed by atoms with E-state index in [2.05, 4.69) is 5.32 Å². The zero-order valence-corrected chi connectivity index (χ0v) is 13.1. The lowest BCUT2D eigenvalue weighted by Gasteiger charge is -2.11. The van der Waals surface area contributed by atoms with Gasteiger partial charge in [-0.15, -0.1) is 11.8 Å². The number of esters is 1. The highest BCUT2D eigenvalue weighted by atomic mass is 35.5. The van der Waals surface area contributed by atoms with Gasteiger partial charge in [0.25, 0.3) is 0 Å². The number of halogens is 1. The van der Waals surface area contributed by atoms with Gasteiger partial charge in [-0.3, -0.25) is 9.59 Å². The summed E-state index contributed by atoms with van der Waals surface area (Å²) in [6, 6.07) is 7.28. The summed E-state index contributed by atoms with van der Waals surface area (Å²) in [7, 11) is 0. The Hall–Kier alpha value is -1.20. The summed E-state index contributed by atoms with van der Waals surface area (Å²) in [5.41, 5.74) is 0.977. The van der Waals surface area contributed by atoms with Crippen LogP contribution in [-0.4, -0.2) is 29.5 Å². The van der Waals surface area contributed by atoms with E-state index in [-0.39, 0.29) is 22.9 Å². The molecule has 6 heteroatoms. The van der Waals surface area contributed by atoms with Gasteiger partial charge in [0.05, 0.1) is 17.6 Å². The smallest absolute Gasteiger partial charge is 0.315 e. The average molecular weight is 316 g/mol. The second-order valence-electron chi connectivity index (χ2n) is 4.10. The number of hydrogen-bond acceptors (Lipinski definition) is 4. The fourth-order valence-corrected chi connectivity index (χ4v) is 2.24. The molecule has 4 nitrogen and oxygen atoms in total. The second-order valence-corrected chi connectivity index (χ2v) is 5.87. The Kier molecular flexibility index (Phi) is 7.47. The zero-order valence-electron chi connectivity index (χ0n) is 11.5. The summed E-state index contributed by atoms with van der Waals surface area (Å²) < 4.78 is 4.81. The Labute approximate surface area is 128 Å². The molecule has 1 atom stereocenters. The van der Waals surface area contributed by atoms with Crippen molar-refractivity contribution in [2.24, 2.45) is 0 Å². The van der Waals surface area contributed by atoms with Gasteiger partial charge in [0.2, 0.25) is 5.91 Å². The van der Waals surface area contributed by atoms with Gasteiger partial charge in [-0.1, -0.05) is 23.7 Å². The van der Waals surface area contributed by atoms with Gasteiger partial charge in [-0.2, -0.15) is 0 Å². The zero-order chi connectivity index (χ0) is 15.0. The Morgan fingerprint density at radius 2 is 2.00 bits per heavy atom. The van der Waals surface area contributed by atoms with Gasteiger partial charge in [0.1, 0.15) is 0 Å². The molecule has 0 bridgehead atoms. The lowest BCUT2D eigenvalue weighted by Crippen LogP contribution is -2.31. The maximum atomic E-state index is 11.8. The molecule has 1 rings (SSSR count). The summed E-state index contributed by atoms with van der Waals surface area (Å²) in [5.74, 6) is -0.215. The first-order valence-corrected chi connectivity index (χ1v) is 7.75. The molecule has 0 aliphatic carbocycles. The molecule has 0 aromatic heterocycles. The van der Waals surface area contributed by atoms with Crippen LogP contribution in [0.2, 0.25) is 5.02 Å². The van der Waals surface area contributed by atoms with Crippen molar-refractivity contribution in [1.82, 2.24) is 5.32 Å². The SMILES string of the molecule is CCOC(=O)CSC(C)C(=O)NCc1ccc(Cl)cc1. The van der Waals surface area contributed by atoms with Gasteiger partial charge < -0.3 is 10.1 Å². The maximum absolute atomic E-state index is 11.8. The standard InChI is InChI=1S/C14H18ClNO3S/c1-3-19-13(17)9-20-10(2)14(18)16-8-11-4-6-12(15)7-5-11/h4-7,10H,3,8-9H2,1-2H3,(H,16,18). The molecule has 0 saturated carbocycles. The normalized spacial score (nSPS) is 11.8. The van der Waals surface area contributed by atoms with Crippen molar-refractivity contribution in [3.63, 3.8) is 0 Å². The summed E-state index contributed by atoms with van der Waals surface area (Å²) >= 11 is 7.05. The lowest BCUT2D eigenvalue weighted by atomic mass is 10.2.